The van der Waals surface area contributed by atoms with Gasteiger partial charge in [0, 0.05) is 25.2 Å². The number of amides is 1. The first-order chi connectivity index (χ1) is 10.0. The third-order valence-electron chi connectivity index (χ3n) is 4.10. The van der Waals surface area contributed by atoms with E-state index in [9.17, 15) is 19.3 Å². The SMILES string of the molecule is CCC1CCCN(C(=O)c2cc([N+](=O)[O-])ccc2F)CC1. The van der Waals surface area contributed by atoms with Crippen LogP contribution < -0.4 is 0 Å². The maximum Gasteiger partial charge on any atom is 0.270 e. The molecule has 0 N–H and O–H groups in total. The van der Waals surface area contributed by atoms with E-state index in [-0.39, 0.29) is 11.3 Å². The van der Waals surface area contributed by atoms with Crippen LogP contribution in [0.2, 0.25) is 0 Å². The highest BCUT2D eigenvalue weighted by Gasteiger charge is 2.24. The summed E-state index contributed by atoms with van der Waals surface area (Å²) in [5.41, 5.74) is -0.472. The molecular weight excluding hydrogens is 275 g/mol. The first-order valence-electron chi connectivity index (χ1n) is 7.26. The number of benzene rings is 1. The molecule has 1 atom stereocenters. The summed E-state index contributed by atoms with van der Waals surface area (Å²) in [6.45, 7) is 3.29. The summed E-state index contributed by atoms with van der Waals surface area (Å²) in [4.78, 5) is 24.2. The Morgan fingerprint density at radius 2 is 2.19 bits per heavy atom. The number of hydrogen-bond acceptors (Lipinski definition) is 3. The van der Waals surface area contributed by atoms with Crippen molar-refractivity contribution < 1.29 is 14.1 Å². The first kappa shape index (κ1) is 15.4. The molecule has 1 aromatic carbocycles. The molecule has 21 heavy (non-hydrogen) atoms. The Hall–Kier alpha value is -1.98. The van der Waals surface area contributed by atoms with Crippen LogP contribution in [0, 0.1) is 21.8 Å². The number of carbonyl (C=O) groups excluding carboxylic acids is 1. The molecule has 1 aliphatic heterocycles. The molecule has 1 heterocycles. The van der Waals surface area contributed by atoms with E-state index >= 15 is 0 Å². The number of nitrogens with zero attached hydrogens (tertiary/aromatic N) is 2. The minimum absolute atomic E-state index is 0.209. The molecular formula is C15H19FN2O3. The number of nitro groups is 1. The van der Waals surface area contributed by atoms with Crippen LogP contribution in [0.5, 0.6) is 0 Å². The van der Waals surface area contributed by atoms with Crippen LogP contribution in [0.3, 0.4) is 0 Å². The normalized spacial score (nSPS) is 19.1. The summed E-state index contributed by atoms with van der Waals surface area (Å²) < 4.78 is 13.8. The van der Waals surface area contributed by atoms with Gasteiger partial charge in [-0.1, -0.05) is 13.3 Å². The van der Waals surface area contributed by atoms with Crippen LogP contribution in [0.1, 0.15) is 43.0 Å². The Kier molecular flexibility index (Phi) is 4.88. The Labute approximate surface area is 122 Å². The summed E-state index contributed by atoms with van der Waals surface area (Å²) in [5.74, 6) is -0.562. The standard InChI is InChI=1S/C15H19FN2O3/c1-2-11-4-3-8-17(9-7-11)15(19)13-10-12(18(20)21)5-6-14(13)16/h5-6,10-11H,2-4,7-9H2,1H3. The Bertz CT molecular complexity index is 548. The predicted molar refractivity (Wildman–Crippen MR) is 76.6 cm³/mol. The lowest BCUT2D eigenvalue weighted by Crippen LogP contribution is -2.32. The van der Waals surface area contributed by atoms with Crippen molar-refractivity contribution in [3.63, 3.8) is 0 Å². The maximum atomic E-state index is 13.8. The minimum Gasteiger partial charge on any atom is -0.339 e. The van der Waals surface area contributed by atoms with Crippen molar-refractivity contribution in [1.82, 2.24) is 4.90 Å². The monoisotopic (exact) mass is 294 g/mol. The molecule has 1 fully saturated rings. The fourth-order valence-corrected chi connectivity index (χ4v) is 2.74. The molecule has 1 unspecified atom stereocenters. The van der Waals surface area contributed by atoms with Crippen molar-refractivity contribution in [2.45, 2.75) is 32.6 Å². The van der Waals surface area contributed by atoms with E-state index in [0.29, 0.717) is 19.0 Å². The molecule has 0 bridgehead atoms. The van der Waals surface area contributed by atoms with Gasteiger partial charge in [0.15, 0.2) is 0 Å². The second kappa shape index (κ2) is 6.65. The van der Waals surface area contributed by atoms with Gasteiger partial charge in [0.2, 0.25) is 0 Å². The number of nitro benzene ring substituents is 1. The average molecular weight is 294 g/mol. The summed E-state index contributed by atoms with van der Waals surface area (Å²) in [6.07, 6.45) is 3.93. The molecule has 1 aliphatic rings. The van der Waals surface area contributed by atoms with Crippen LogP contribution in [0.4, 0.5) is 10.1 Å². The highest BCUT2D eigenvalue weighted by atomic mass is 19.1. The zero-order valence-electron chi connectivity index (χ0n) is 12.0. The third-order valence-corrected chi connectivity index (χ3v) is 4.10. The molecule has 5 nitrogen and oxygen atoms in total. The molecule has 1 saturated heterocycles. The fraction of sp³-hybridized carbons (Fsp3) is 0.533. The average Bonchev–Trinajstić information content (AvgIpc) is 2.72. The van der Waals surface area contributed by atoms with Gasteiger partial charge in [-0.3, -0.25) is 14.9 Å². The molecule has 0 saturated carbocycles. The van der Waals surface area contributed by atoms with Gasteiger partial charge in [-0.25, -0.2) is 4.39 Å². The van der Waals surface area contributed by atoms with E-state index in [1.165, 1.54) is 0 Å². The zero-order chi connectivity index (χ0) is 15.4. The number of non-ortho nitro benzene ring substituents is 1. The van der Waals surface area contributed by atoms with Gasteiger partial charge in [0.25, 0.3) is 11.6 Å². The lowest BCUT2D eigenvalue weighted by atomic mass is 9.98. The largest absolute Gasteiger partial charge is 0.339 e. The summed E-state index contributed by atoms with van der Waals surface area (Å²) in [6, 6.07) is 3.08. The minimum atomic E-state index is -0.707. The lowest BCUT2D eigenvalue weighted by Gasteiger charge is -2.20. The summed E-state index contributed by atoms with van der Waals surface area (Å²) in [5, 5.41) is 10.8. The molecule has 0 aromatic heterocycles. The number of rotatable bonds is 3. The topological polar surface area (TPSA) is 63.5 Å². The third kappa shape index (κ3) is 3.56. The van der Waals surface area contributed by atoms with Crippen LogP contribution in [0.25, 0.3) is 0 Å². The summed E-state index contributed by atoms with van der Waals surface area (Å²) >= 11 is 0. The van der Waals surface area contributed by atoms with Gasteiger partial charge in [0.05, 0.1) is 10.5 Å². The van der Waals surface area contributed by atoms with Gasteiger partial charge < -0.3 is 4.90 Å². The van der Waals surface area contributed by atoms with E-state index in [0.717, 1.165) is 43.9 Å². The Morgan fingerprint density at radius 3 is 2.86 bits per heavy atom. The van der Waals surface area contributed by atoms with E-state index in [2.05, 4.69) is 6.92 Å². The Morgan fingerprint density at radius 1 is 1.43 bits per heavy atom. The van der Waals surface area contributed by atoms with Crippen molar-refractivity contribution in [2.24, 2.45) is 5.92 Å². The van der Waals surface area contributed by atoms with Gasteiger partial charge in [-0.05, 0) is 31.2 Å². The summed E-state index contributed by atoms with van der Waals surface area (Å²) in [7, 11) is 0. The molecule has 6 heteroatoms. The van der Waals surface area contributed by atoms with Gasteiger partial charge in [0.1, 0.15) is 5.82 Å². The molecule has 114 valence electrons. The number of likely N-dealkylation sites (tertiary alicyclic amines) is 1. The van der Waals surface area contributed by atoms with E-state index in [1.807, 2.05) is 0 Å². The van der Waals surface area contributed by atoms with Gasteiger partial charge >= 0.3 is 0 Å². The highest BCUT2D eigenvalue weighted by Crippen LogP contribution is 2.23. The maximum absolute atomic E-state index is 13.8. The van der Waals surface area contributed by atoms with Crippen molar-refractivity contribution in [3.8, 4) is 0 Å². The fourth-order valence-electron chi connectivity index (χ4n) is 2.74. The number of carbonyl (C=O) groups is 1. The quantitative estimate of drug-likeness (QED) is 0.634. The number of halogens is 1. The second-order valence-corrected chi connectivity index (χ2v) is 5.42. The van der Waals surface area contributed by atoms with Crippen molar-refractivity contribution in [1.29, 1.82) is 0 Å². The molecule has 0 spiro atoms. The van der Waals surface area contributed by atoms with Crippen molar-refractivity contribution in [3.05, 3.63) is 39.7 Å². The molecule has 0 aliphatic carbocycles. The zero-order valence-corrected chi connectivity index (χ0v) is 12.0. The predicted octanol–water partition coefficient (Wildman–Crippen LogP) is 3.39. The first-order valence-corrected chi connectivity index (χ1v) is 7.26. The van der Waals surface area contributed by atoms with Gasteiger partial charge in [-0.15, -0.1) is 0 Å². The Balaban J connectivity index is 2.19. The van der Waals surface area contributed by atoms with E-state index < -0.39 is 16.6 Å². The van der Waals surface area contributed by atoms with Gasteiger partial charge in [-0.2, -0.15) is 0 Å². The van der Waals surface area contributed by atoms with Crippen molar-refractivity contribution in [2.75, 3.05) is 13.1 Å². The lowest BCUT2D eigenvalue weighted by molar-refractivity contribution is -0.384. The van der Waals surface area contributed by atoms with E-state index in [4.69, 9.17) is 0 Å². The molecule has 0 radical (unpaired) electrons. The number of hydrogen-bond donors (Lipinski definition) is 0. The van der Waals surface area contributed by atoms with E-state index in [1.54, 1.807) is 4.90 Å². The smallest absolute Gasteiger partial charge is 0.270 e. The molecule has 2 rings (SSSR count). The van der Waals surface area contributed by atoms with Crippen LogP contribution >= 0.6 is 0 Å². The molecule has 1 aromatic rings. The molecule has 1 amide bonds. The van der Waals surface area contributed by atoms with Crippen LogP contribution in [0.15, 0.2) is 18.2 Å². The van der Waals surface area contributed by atoms with Crippen molar-refractivity contribution >= 4 is 11.6 Å². The second-order valence-electron chi connectivity index (χ2n) is 5.42. The van der Waals surface area contributed by atoms with Crippen LogP contribution in [-0.2, 0) is 0 Å². The van der Waals surface area contributed by atoms with Crippen LogP contribution in [-0.4, -0.2) is 28.8 Å². The highest BCUT2D eigenvalue weighted by molar-refractivity contribution is 5.95.